The lowest BCUT2D eigenvalue weighted by Gasteiger charge is -2.32. The van der Waals surface area contributed by atoms with Gasteiger partial charge < -0.3 is 24.1 Å². The number of aliphatic carboxylic acids is 1. The Labute approximate surface area is 267 Å². The quantitative estimate of drug-likeness (QED) is 0.282. The van der Waals surface area contributed by atoms with Gasteiger partial charge in [0.1, 0.15) is 11.3 Å². The van der Waals surface area contributed by atoms with Gasteiger partial charge in [-0.25, -0.2) is 4.79 Å². The van der Waals surface area contributed by atoms with Crippen LogP contribution in [0.1, 0.15) is 24.1 Å². The number of rotatable bonds is 7. The van der Waals surface area contributed by atoms with Gasteiger partial charge in [-0.05, 0) is 41.8 Å². The fourth-order valence-corrected chi connectivity index (χ4v) is 6.39. The van der Waals surface area contributed by atoms with Crippen molar-refractivity contribution in [1.82, 2.24) is 10.2 Å². The Balaban J connectivity index is 0.000000559. The third-order valence-electron chi connectivity index (χ3n) is 8.45. The van der Waals surface area contributed by atoms with Crippen LogP contribution in [0.4, 0.5) is 13.2 Å². The molecule has 0 aromatic heterocycles. The number of imide groups is 1. The molecule has 3 aromatic rings. The third kappa shape index (κ3) is 6.08. The zero-order valence-corrected chi connectivity index (χ0v) is 25.5. The number of carbonyl (C=O) groups excluding carboxylic acids is 3. The summed E-state index contributed by atoms with van der Waals surface area (Å²) in [6.45, 7) is 2.17. The van der Waals surface area contributed by atoms with Crippen molar-refractivity contribution in [2.45, 2.75) is 31.1 Å². The number of alkyl halides is 3. The number of amides is 2. The molecule has 0 radical (unpaired) electrons. The molecular weight excluding hydrogens is 625 g/mol. The first-order chi connectivity index (χ1) is 22.4. The standard InChI is InChI=1S/C31H30N2O7.C2HF3O2/c1-4-33-28(34)25-26(29(33)35)31(30(36)38-3,16-18-8-6-5-7-9-18)32-27(25)20-10-12-21(23(15-20)37-2)19-11-13-22-24(14-19)40-17-39-22;3-2(4,5)1(6)7/h5-15,25-27,32H,4,16-17H2,1-3H3;(H,6,7)/t25?,26?,27?,31-;/m1./s1. The summed E-state index contributed by atoms with van der Waals surface area (Å²) in [4.78, 5) is 51.1. The predicted octanol–water partition coefficient (Wildman–Crippen LogP) is 4.14. The fraction of sp³-hybridized carbons (Fsp3) is 0.333. The van der Waals surface area contributed by atoms with Gasteiger partial charge in [-0.3, -0.25) is 24.6 Å². The monoisotopic (exact) mass is 656 g/mol. The van der Waals surface area contributed by atoms with Gasteiger partial charge in [-0.1, -0.05) is 48.5 Å². The molecule has 0 bridgehead atoms. The Morgan fingerprint density at radius 3 is 2.30 bits per heavy atom. The Morgan fingerprint density at radius 1 is 1.00 bits per heavy atom. The minimum atomic E-state index is -5.08. The van der Waals surface area contributed by atoms with Gasteiger partial charge in [-0.2, -0.15) is 13.2 Å². The highest BCUT2D eigenvalue weighted by molar-refractivity contribution is 6.09. The number of carboxylic acid groups (broad SMARTS) is 1. The number of ether oxygens (including phenoxy) is 4. The van der Waals surface area contributed by atoms with E-state index in [1.807, 2.05) is 66.7 Å². The number of benzene rings is 3. The number of carbonyl (C=O) groups is 4. The number of likely N-dealkylation sites (tertiary alicyclic amines) is 1. The van der Waals surface area contributed by atoms with Crippen LogP contribution in [0.15, 0.2) is 66.7 Å². The van der Waals surface area contributed by atoms with Gasteiger partial charge in [0.2, 0.25) is 18.6 Å². The van der Waals surface area contributed by atoms with Crippen molar-refractivity contribution in [3.63, 3.8) is 0 Å². The van der Waals surface area contributed by atoms with E-state index in [0.717, 1.165) is 22.3 Å². The van der Waals surface area contributed by atoms with Crippen molar-refractivity contribution in [3.05, 3.63) is 77.9 Å². The van der Waals surface area contributed by atoms with Crippen molar-refractivity contribution >= 4 is 23.8 Å². The molecule has 248 valence electrons. The molecule has 3 unspecified atom stereocenters. The van der Waals surface area contributed by atoms with Gasteiger partial charge in [0.15, 0.2) is 11.5 Å². The number of esters is 1. The molecule has 14 heteroatoms. The van der Waals surface area contributed by atoms with Crippen LogP contribution in [0.3, 0.4) is 0 Å². The van der Waals surface area contributed by atoms with E-state index in [1.165, 1.54) is 12.0 Å². The van der Waals surface area contributed by atoms with E-state index in [9.17, 15) is 27.6 Å². The van der Waals surface area contributed by atoms with E-state index in [2.05, 4.69) is 5.32 Å². The maximum atomic E-state index is 13.7. The largest absolute Gasteiger partial charge is 0.496 e. The zero-order valence-electron chi connectivity index (χ0n) is 25.5. The fourth-order valence-electron chi connectivity index (χ4n) is 6.39. The summed E-state index contributed by atoms with van der Waals surface area (Å²) in [6.07, 6.45) is -4.89. The minimum absolute atomic E-state index is 0.178. The van der Waals surface area contributed by atoms with Crippen LogP contribution >= 0.6 is 0 Å². The van der Waals surface area contributed by atoms with E-state index in [4.69, 9.17) is 28.8 Å². The first-order valence-corrected chi connectivity index (χ1v) is 14.5. The maximum Gasteiger partial charge on any atom is 0.490 e. The lowest BCUT2D eigenvalue weighted by molar-refractivity contribution is -0.192. The van der Waals surface area contributed by atoms with Gasteiger partial charge in [0.25, 0.3) is 0 Å². The van der Waals surface area contributed by atoms with E-state index in [1.54, 1.807) is 14.0 Å². The summed E-state index contributed by atoms with van der Waals surface area (Å²) < 4.78 is 53.8. The minimum Gasteiger partial charge on any atom is -0.496 e. The number of nitrogens with zero attached hydrogens (tertiary/aromatic N) is 1. The SMILES string of the molecule is CCN1C(=O)C2C(c3ccc(-c4ccc5c(c4)OCO5)c(OC)c3)N[C@@](Cc3ccccc3)(C(=O)OC)C2C1=O.O=C(O)C(F)(F)F. The molecule has 4 atom stereocenters. The smallest absolute Gasteiger partial charge is 0.490 e. The Bertz CT molecular complexity index is 1700. The van der Waals surface area contributed by atoms with E-state index in [0.29, 0.717) is 17.2 Å². The molecule has 3 aromatic carbocycles. The second-order valence-electron chi connectivity index (χ2n) is 11.0. The van der Waals surface area contributed by atoms with Crippen LogP contribution in [0.25, 0.3) is 11.1 Å². The second kappa shape index (κ2) is 12.9. The summed E-state index contributed by atoms with van der Waals surface area (Å²) in [5.41, 5.74) is 1.86. The molecule has 0 saturated carbocycles. The molecule has 47 heavy (non-hydrogen) atoms. The van der Waals surface area contributed by atoms with Gasteiger partial charge in [0.05, 0.1) is 26.1 Å². The van der Waals surface area contributed by atoms with Crippen LogP contribution in [0.5, 0.6) is 17.2 Å². The van der Waals surface area contributed by atoms with Crippen molar-refractivity contribution in [2.75, 3.05) is 27.6 Å². The summed E-state index contributed by atoms with van der Waals surface area (Å²) in [5.74, 6) is -3.77. The van der Waals surface area contributed by atoms with Gasteiger partial charge >= 0.3 is 18.1 Å². The highest BCUT2D eigenvalue weighted by atomic mass is 19.4. The molecule has 11 nitrogen and oxygen atoms in total. The molecule has 3 aliphatic rings. The lowest BCUT2D eigenvalue weighted by atomic mass is 9.76. The van der Waals surface area contributed by atoms with Crippen LogP contribution < -0.4 is 19.5 Å². The number of methoxy groups -OCH3 is 2. The molecule has 3 aliphatic heterocycles. The van der Waals surface area contributed by atoms with Crippen LogP contribution in [0.2, 0.25) is 0 Å². The predicted molar refractivity (Wildman–Crippen MR) is 158 cm³/mol. The molecule has 0 spiro atoms. The molecule has 3 heterocycles. The van der Waals surface area contributed by atoms with Crippen molar-refractivity contribution in [3.8, 4) is 28.4 Å². The summed E-state index contributed by atoms with van der Waals surface area (Å²) >= 11 is 0. The number of hydrogen-bond donors (Lipinski definition) is 2. The molecule has 2 saturated heterocycles. The van der Waals surface area contributed by atoms with Crippen molar-refractivity contribution in [2.24, 2.45) is 11.8 Å². The molecule has 2 amide bonds. The molecule has 2 fully saturated rings. The van der Waals surface area contributed by atoms with Crippen LogP contribution in [-0.2, 0) is 30.3 Å². The third-order valence-corrected chi connectivity index (χ3v) is 8.45. The molecule has 0 aliphatic carbocycles. The Morgan fingerprint density at radius 2 is 1.68 bits per heavy atom. The zero-order chi connectivity index (χ0) is 34.1. The van der Waals surface area contributed by atoms with Crippen molar-refractivity contribution < 1.29 is 56.4 Å². The van der Waals surface area contributed by atoms with Gasteiger partial charge in [0, 0.05) is 24.6 Å². The summed E-state index contributed by atoms with van der Waals surface area (Å²) in [6, 6.07) is 20.2. The summed E-state index contributed by atoms with van der Waals surface area (Å²) in [5, 5.41) is 10.6. The van der Waals surface area contributed by atoms with E-state index < -0.39 is 41.5 Å². The number of nitrogens with one attached hydrogen (secondary N) is 1. The first-order valence-electron chi connectivity index (χ1n) is 14.5. The van der Waals surface area contributed by atoms with E-state index in [-0.39, 0.29) is 31.6 Å². The second-order valence-corrected chi connectivity index (χ2v) is 11.0. The molecule has 2 N–H and O–H groups in total. The lowest BCUT2D eigenvalue weighted by Crippen LogP contribution is -2.57. The normalized spacial score (nSPS) is 22.8. The number of carboxylic acids is 1. The topological polar surface area (TPSA) is 141 Å². The Hall–Kier alpha value is -5.11. The molecule has 6 rings (SSSR count). The van der Waals surface area contributed by atoms with Crippen LogP contribution in [-0.4, -0.2) is 73.0 Å². The van der Waals surface area contributed by atoms with Gasteiger partial charge in [-0.15, -0.1) is 0 Å². The first kappa shape index (κ1) is 33.3. The average molecular weight is 657 g/mol. The summed E-state index contributed by atoms with van der Waals surface area (Å²) in [7, 11) is 2.89. The highest BCUT2D eigenvalue weighted by Crippen LogP contribution is 2.51. The van der Waals surface area contributed by atoms with E-state index >= 15 is 0 Å². The number of fused-ring (bicyclic) bond motifs is 2. The van der Waals surface area contributed by atoms with Crippen LogP contribution in [0, 0.1) is 11.8 Å². The number of halogens is 3. The Kier molecular flexibility index (Phi) is 9.16. The number of hydrogen-bond acceptors (Lipinski definition) is 9. The average Bonchev–Trinajstić information content (AvgIpc) is 3.74. The maximum absolute atomic E-state index is 13.7. The molecular formula is C33H31F3N2O9. The van der Waals surface area contributed by atoms with Crippen molar-refractivity contribution in [1.29, 1.82) is 0 Å². The highest BCUT2D eigenvalue weighted by Gasteiger charge is 2.68.